The number of para-hydroxylation sites is 1. The third-order valence-corrected chi connectivity index (χ3v) is 5.42. The van der Waals surface area contributed by atoms with E-state index in [4.69, 9.17) is 0 Å². The third-order valence-electron chi connectivity index (χ3n) is 5.42. The summed E-state index contributed by atoms with van der Waals surface area (Å²) in [6.07, 6.45) is 3.60. The summed E-state index contributed by atoms with van der Waals surface area (Å²) in [6.45, 7) is 10.3. The lowest BCUT2D eigenvalue weighted by atomic mass is 9.99. The highest BCUT2D eigenvalue weighted by Crippen LogP contribution is 2.16. The average molecular weight is 345 g/mol. The van der Waals surface area contributed by atoms with Crippen LogP contribution in [0.1, 0.15) is 25.3 Å². The first-order valence-corrected chi connectivity index (χ1v) is 9.77. The summed E-state index contributed by atoms with van der Waals surface area (Å²) in [5, 5.41) is 6.58. The minimum Gasteiger partial charge on any atom is -0.325 e. The quantitative estimate of drug-likeness (QED) is 0.826. The van der Waals surface area contributed by atoms with Gasteiger partial charge in [0, 0.05) is 38.4 Å². The summed E-state index contributed by atoms with van der Waals surface area (Å²) in [7, 11) is 0. The lowest BCUT2D eigenvalue weighted by Gasteiger charge is -2.37. The molecular formula is C20H32N4O. The Hall–Kier alpha value is -1.43. The maximum absolute atomic E-state index is 12.4. The fourth-order valence-corrected chi connectivity index (χ4v) is 3.92. The lowest BCUT2D eigenvalue weighted by molar-refractivity contribution is -0.117. The second-order valence-corrected chi connectivity index (χ2v) is 7.35. The number of anilines is 1. The molecular weight excluding hydrogens is 312 g/mol. The zero-order chi connectivity index (χ0) is 17.5. The number of aryl methyl sites for hydroxylation is 1. The second-order valence-electron chi connectivity index (χ2n) is 7.35. The zero-order valence-corrected chi connectivity index (χ0v) is 15.5. The van der Waals surface area contributed by atoms with Gasteiger partial charge in [-0.3, -0.25) is 9.69 Å². The first-order chi connectivity index (χ1) is 12.2. The number of carbonyl (C=O) groups is 1. The van der Waals surface area contributed by atoms with Crippen molar-refractivity contribution in [1.82, 2.24) is 15.1 Å². The molecule has 2 fully saturated rings. The monoisotopic (exact) mass is 344 g/mol. The first kappa shape index (κ1) is 18.4. The maximum atomic E-state index is 12.4. The van der Waals surface area contributed by atoms with Gasteiger partial charge in [-0.15, -0.1) is 0 Å². The summed E-state index contributed by atoms with van der Waals surface area (Å²) in [6, 6.07) is 8.07. The van der Waals surface area contributed by atoms with Gasteiger partial charge in [-0.25, -0.2) is 0 Å². The first-order valence-electron chi connectivity index (χ1n) is 9.77. The van der Waals surface area contributed by atoms with Crippen molar-refractivity contribution >= 4 is 11.6 Å². The summed E-state index contributed by atoms with van der Waals surface area (Å²) < 4.78 is 0. The minimum absolute atomic E-state index is 0.103. The topological polar surface area (TPSA) is 47.6 Å². The molecule has 0 radical (unpaired) electrons. The summed E-state index contributed by atoms with van der Waals surface area (Å²) in [4.78, 5) is 17.2. The van der Waals surface area contributed by atoms with Crippen LogP contribution in [0.2, 0.25) is 0 Å². The SMILES string of the molecule is CCc1ccccc1NC(=O)CN1CCN(CC2CCCNC2)CC1. The zero-order valence-electron chi connectivity index (χ0n) is 15.5. The third kappa shape index (κ3) is 5.53. The van der Waals surface area contributed by atoms with Gasteiger partial charge in [0.1, 0.15) is 0 Å². The predicted octanol–water partition coefficient (Wildman–Crippen LogP) is 1.80. The van der Waals surface area contributed by atoms with E-state index in [2.05, 4.69) is 33.4 Å². The molecule has 1 atom stereocenters. The molecule has 5 heteroatoms. The van der Waals surface area contributed by atoms with Crippen molar-refractivity contribution in [3.63, 3.8) is 0 Å². The highest BCUT2D eigenvalue weighted by Gasteiger charge is 2.22. The Balaban J connectivity index is 1.40. The van der Waals surface area contributed by atoms with Gasteiger partial charge in [0.05, 0.1) is 6.54 Å². The van der Waals surface area contributed by atoms with E-state index in [0.717, 1.165) is 44.2 Å². The number of hydrogen-bond acceptors (Lipinski definition) is 4. The fraction of sp³-hybridized carbons (Fsp3) is 0.650. The van der Waals surface area contributed by atoms with Crippen molar-refractivity contribution in [3.05, 3.63) is 29.8 Å². The highest BCUT2D eigenvalue weighted by molar-refractivity contribution is 5.93. The van der Waals surface area contributed by atoms with Crippen LogP contribution in [0.5, 0.6) is 0 Å². The molecule has 0 saturated carbocycles. The van der Waals surface area contributed by atoms with Gasteiger partial charge in [-0.1, -0.05) is 25.1 Å². The molecule has 0 spiro atoms. The Bertz CT molecular complexity index is 548. The number of benzene rings is 1. The number of piperidine rings is 1. The van der Waals surface area contributed by atoms with E-state index < -0.39 is 0 Å². The van der Waals surface area contributed by atoms with Gasteiger partial charge in [-0.2, -0.15) is 0 Å². The van der Waals surface area contributed by atoms with Crippen molar-refractivity contribution in [2.24, 2.45) is 5.92 Å². The summed E-state index contributed by atoms with van der Waals surface area (Å²) >= 11 is 0. The Morgan fingerprint density at radius 2 is 1.96 bits per heavy atom. The molecule has 1 aromatic carbocycles. The number of carbonyl (C=O) groups excluding carboxylic acids is 1. The van der Waals surface area contributed by atoms with E-state index in [9.17, 15) is 4.79 Å². The van der Waals surface area contributed by atoms with Crippen LogP contribution < -0.4 is 10.6 Å². The largest absolute Gasteiger partial charge is 0.325 e. The maximum Gasteiger partial charge on any atom is 0.238 e. The Labute approximate surface area is 151 Å². The minimum atomic E-state index is 0.103. The van der Waals surface area contributed by atoms with Crippen LogP contribution in [-0.2, 0) is 11.2 Å². The second kappa shape index (κ2) is 9.32. The van der Waals surface area contributed by atoms with Gasteiger partial charge >= 0.3 is 0 Å². The molecule has 1 unspecified atom stereocenters. The molecule has 0 aliphatic carbocycles. The smallest absolute Gasteiger partial charge is 0.238 e. The number of nitrogens with one attached hydrogen (secondary N) is 2. The predicted molar refractivity (Wildman–Crippen MR) is 103 cm³/mol. The van der Waals surface area contributed by atoms with Crippen molar-refractivity contribution in [2.45, 2.75) is 26.2 Å². The van der Waals surface area contributed by atoms with Gasteiger partial charge < -0.3 is 15.5 Å². The summed E-state index contributed by atoms with van der Waals surface area (Å²) in [5.74, 6) is 0.903. The van der Waals surface area contributed by atoms with Crippen LogP contribution in [0, 0.1) is 5.92 Å². The number of rotatable bonds is 6. The lowest BCUT2D eigenvalue weighted by Crippen LogP contribution is -2.50. The molecule has 2 saturated heterocycles. The Morgan fingerprint density at radius 3 is 2.68 bits per heavy atom. The van der Waals surface area contributed by atoms with Gasteiger partial charge in [0.15, 0.2) is 0 Å². The van der Waals surface area contributed by atoms with Crippen LogP contribution in [0.25, 0.3) is 0 Å². The molecule has 1 aromatic rings. The van der Waals surface area contributed by atoms with E-state index in [1.165, 1.54) is 38.0 Å². The van der Waals surface area contributed by atoms with Crippen LogP contribution in [0.15, 0.2) is 24.3 Å². The van der Waals surface area contributed by atoms with Crippen LogP contribution >= 0.6 is 0 Å². The molecule has 0 bridgehead atoms. The van der Waals surface area contributed by atoms with Crippen molar-refractivity contribution in [1.29, 1.82) is 0 Å². The Kier molecular flexibility index (Phi) is 6.84. The fourth-order valence-electron chi connectivity index (χ4n) is 3.92. The van der Waals surface area contributed by atoms with Crippen molar-refractivity contribution < 1.29 is 4.79 Å². The van der Waals surface area contributed by atoms with E-state index in [1.54, 1.807) is 0 Å². The van der Waals surface area contributed by atoms with E-state index >= 15 is 0 Å². The molecule has 3 rings (SSSR count). The number of hydrogen-bond donors (Lipinski definition) is 2. The number of nitrogens with zero attached hydrogens (tertiary/aromatic N) is 2. The van der Waals surface area contributed by atoms with Gasteiger partial charge in [0.2, 0.25) is 5.91 Å². The molecule has 138 valence electrons. The average Bonchev–Trinajstić information content (AvgIpc) is 2.64. The van der Waals surface area contributed by atoms with Gasteiger partial charge in [0.25, 0.3) is 0 Å². The van der Waals surface area contributed by atoms with E-state index in [0.29, 0.717) is 6.54 Å². The standard InChI is InChI=1S/C20H32N4O/c1-2-18-7-3-4-8-19(18)22-20(25)16-24-12-10-23(11-13-24)15-17-6-5-9-21-14-17/h3-4,7-8,17,21H,2,5-6,9-16H2,1H3,(H,22,25). The normalized spacial score (nSPS) is 22.7. The summed E-state index contributed by atoms with van der Waals surface area (Å²) in [5.41, 5.74) is 2.15. The van der Waals surface area contributed by atoms with Crippen molar-refractivity contribution in [3.8, 4) is 0 Å². The van der Waals surface area contributed by atoms with E-state index in [1.807, 2.05) is 18.2 Å². The van der Waals surface area contributed by atoms with Crippen molar-refractivity contribution in [2.75, 3.05) is 57.7 Å². The van der Waals surface area contributed by atoms with Crippen LogP contribution in [0.3, 0.4) is 0 Å². The molecule has 5 nitrogen and oxygen atoms in total. The molecule has 2 aliphatic rings. The number of amides is 1. The highest BCUT2D eigenvalue weighted by atomic mass is 16.2. The molecule has 2 heterocycles. The molecule has 2 aliphatic heterocycles. The molecule has 25 heavy (non-hydrogen) atoms. The van der Waals surface area contributed by atoms with Gasteiger partial charge in [-0.05, 0) is 49.9 Å². The van der Waals surface area contributed by atoms with Crippen LogP contribution in [-0.4, -0.2) is 68.1 Å². The van der Waals surface area contributed by atoms with E-state index in [-0.39, 0.29) is 5.91 Å². The molecule has 0 aromatic heterocycles. The Morgan fingerprint density at radius 1 is 1.20 bits per heavy atom. The number of piperazine rings is 1. The van der Waals surface area contributed by atoms with Crippen LogP contribution in [0.4, 0.5) is 5.69 Å². The molecule has 2 N–H and O–H groups in total. The molecule has 1 amide bonds.